The maximum absolute atomic E-state index is 15.2. The highest BCUT2D eigenvalue weighted by Gasteiger charge is 2.37. The van der Waals surface area contributed by atoms with E-state index in [0.29, 0.717) is 34.3 Å². The van der Waals surface area contributed by atoms with Gasteiger partial charge in [-0.25, -0.2) is 23.1 Å². The second-order valence-corrected chi connectivity index (χ2v) is 9.49. The summed E-state index contributed by atoms with van der Waals surface area (Å²) in [4.78, 5) is 8.95. The van der Waals surface area contributed by atoms with Crippen LogP contribution in [0.1, 0.15) is 61.3 Å². The molecule has 2 nitrogen and oxygen atoms in total. The van der Waals surface area contributed by atoms with Crippen LogP contribution in [0.3, 0.4) is 0 Å². The lowest BCUT2D eigenvalue weighted by Gasteiger charge is -2.12. The Morgan fingerprint density at radius 1 is 0.711 bits per heavy atom. The third kappa shape index (κ3) is 6.52. The molecule has 8 heteroatoms. The molecule has 0 aliphatic rings. The first-order chi connectivity index (χ1) is 18.2. The number of aryl methyl sites for hydroxylation is 3. The second kappa shape index (κ2) is 12.0. The molecule has 0 radical (unpaired) electrons. The fraction of sp³-hybridized carbons (Fsp3) is 0.333. The average molecular weight is 531 g/mol. The van der Waals surface area contributed by atoms with Crippen molar-refractivity contribution in [2.45, 2.75) is 64.5 Å². The van der Waals surface area contributed by atoms with Crippen LogP contribution in [0.15, 0.2) is 54.9 Å². The summed E-state index contributed by atoms with van der Waals surface area (Å²) in [5.41, 5.74) is 0.217. The predicted octanol–water partition coefficient (Wildman–Crippen LogP) is 9.03. The monoisotopic (exact) mass is 530 g/mol. The normalized spacial score (nSPS) is 11.9. The Morgan fingerprint density at radius 3 is 2.05 bits per heavy atom. The van der Waals surface area contributed by atoms with E-state index in [1.807, 2.05) is 12.4 Å². The number of benzene rings is 3. The van der Waals surface area contributed by atoms with Crippen LogP contribution < -0.4 is 0 Å². The van der Waals surface area contributed by atoms with E-state index in [4.69, 9.17) is 0 Å². The fourth-order valence-electron chi connectivity index (χ4n) is 4.55. The molecule has 0 amide bonds. The van der Waals surface area contributed by atoms with Gasteiger partial charge < -0.3 is 0 Å². The molecule has 38 heavy (non-hydrogen) atoms. The van der Waals surface area contributed by atoms with Crippen molar-refractivity contribution < 1.29 is 26.3 Å². The number of hydrogen-bond donors (Lipinski definition) is 0. The van der Waals surface area contributed by atoms with Gasteiger partial charge in [-0.15, -0.1) is 0 Å². The molecular formula is C30H28F6N2. The lowest BCUT2D eigenvalue weighted by atomic mass is 9.98. The van der Waals surface area contributed by atoms with Crippen LogP contribution in [-0.4, -0.2) is 9.97 Å². The summed E-state index contributed by atoms with van der Waals surface area (Å²) in [5.74, 6) is -3.30. The molecule has 3 aromatic carbocycles. The third-order valence-electron chi connectivity index (χ3n) is 6.63. The number of rotatable bonds is 10. The van der Waals surface area contributed by atoms with E-state index in [-0.39, 0.29) is 18.4 Å². The summed E-state index contributed by atoms with van der Waals surface area (Å²) >= 11 is 0. The number of fused-ring (bicyclic) bond motifs is 1. The number of unbranched alkanes of at least 4 members (excludes halogenated alkanes) is 4. The van der Waals surface area contributed by atoms with Crippen molar-refractivity contribution in [1.29, 1.82) is 0 Å². The van der Waals surface area contributed by atoms with E-state index in [0.717, 1.165) is 24.0 Å². The number of nitrogens with zero attached hydrogens (tertiary/aromatic N) is 2. The summed E-state index contributed by atoms with van der Waals surface area (Å²) in [6.45, 7) is 2.19. The van der Waals surface area contributed by atoms with Crippen molar-refractivity contribution >= 4 is 10.8 Å². The van der Waals surface area contributed by atoms with Crippen LogP contribution >= 0.6 is 0 Å². The minimum atomic E-state index is -5.13. The van der Waals surface area contributed by atoms with E-state index < -0.39 is 29.2 Å². The van der Waals surface area contributed by atoms with Gasteiger partial charge in [-0.1, -0.05) is 56.9 Å². The lowest BCUT2D eigenvalue weighted by Crippen LogP contribution is -2.12. The van der Waals surface area contributed by atoms with Gasteiger partial charge in [-0.3, -0.25) is 0 Å². The van der Waals surface area contributed by atoms with Crippen molar-refractivity contribution in [1.82, 2.24) is 9.97 Å². The van der Waals surface area contributed by atoms with E-state index in [1.165, 1.54) is 25.7 Å². The molecule has 4 rings (SSSR count). The zero-order valence-corrected chi connectivity index (χ0v) is 21.0. The van der Waals surface area contributed by atoms with Crippen LogP contribution in [-0.2, 0) is 25.4 Å². The van der Waals surface area contributed by atoms with Crippen molar-refractivity contribution in [3.05, 3.63) is 94.6 Å². The topological polar surface area (TPSA) is 25.8 Å². The molecule has 0 atom stereocenters. The van der Waals surface area contributed by atoms with E-state index in [9.17, 15) is 22.0 Å². The van der Waals surface area contributed by atoms with Crippen molar-refractivity contribution in [3.8, 4) is 11.4 Å². The number of hydrogen-bond acceptors (Lipinski definition) is 2. The summed E-state index contributed by atoms with van der Waals surface area (Å²) in [6, 6.07) is 9.75. The predicted molar refractivity (Wildman–Crippen MR) is 136 cm³/mol. The second-order valence-electron chi connectivity index (χ2n) is 9.49. The Kier molecular flexibility index (Phi) is 8.69. The molecule has 0 fully saturated rings. The number of aromatic nitrogens is 2. The number of alkyl halides is 3. The van der Waals surface area contributed by atoms with Gasteiger partial charge in [-0.2, -0.15) is 13.2 Å². The molecule has 0 aliphatic carbocycles. The molecule has 0 spiro atoms. The Hall–Kier alpha value is -3.42. The highest BCUT2D eigenvalue weighted by atomic mass is 19.4. The van der Waals surface area contributed by atoms with Crippen LogP contribution in [0.4, 0.5) is 26.3 Å². The quantitative estimate of drug-likeness (QED) is 0.151. The van der Waals surface area contributed by atoms with Gasteiger partial charge in [0.2, 0.25) is 0 Å². The van der Waals surface area contributed by atoms with Crippen LogP contribution in [0.25, 0.3) is 22.2 Å². The van der Waals surface area contributed by atoms with Gasteiger partial charge in [0, 0.05) is 23.3 Å². The highest BCUT2D eigenvalue weighted by molar-refractivity contribution is 5.87. The van der Waals surface area contributed by atoms with E-state index in [2.05, 4.69) is 16.9 Å². The molecule has 1 aromatic heterocycles. The van der Waals surface area contributed by atoms with E-state index >= 15 is 4.39 Å². The Balaban J connectivity index is 1.45. The van der Waals surface area contributed by atoms with Crippen molar-refractivity contribution in [2.75, 3.05) is 0 Å². The molecule has 0 N–H and O–H groups in total. The molecule has 4 aromatic rings. The Labute approximate surface area is 217 Å². The van der Waals surface area contributed by atoms with Gasteiger partial charge >= 0.3 is 6.18 Å². The fourth-order valence-corrected chi connectivity index (χ4v) is 4.55. The van der Waals surface area contributed by atoms with Crippen LogP contribution in [0.5, 0.6) is 0 Å². The van der Waals surface area contributed by atoms with Crippen LogP contribution in [0, 0.1) is 17.5 Å². The molecule has 0 saturated carbocycles. The number of halogens is 6. The molecule has 200 valence electrons. The van der Waals surface area contributed by atoms with Gasteiger partial charge in [0.1, 0.15) is 23.0 Å². The zero-order valence-electron chi connectivity index (χ0n) is 21.0. The first kappa shape index (κ1) is 27.6. The summed E-state index contributed by atoms with van der Waals surface area (Å²) < 4.78 is 81.3. The average Bonchev–Trinajstić information content (AvgIpc) is 2.87. The van der Waals surface area contributed by atoms with Crippen molar-refractivity contribution in [3.63, 3.8) is 0 Å². The molecule has 0 bridgehead atoms. The van der Waals surface area contributed by atoms with Gasteiger partial charge in [-0.05, 0) is 66.0 Å². The first-order valence-corrected chi connectivity index (χ1v) is 12.7. The van der Waals surface area contributed by atoms with Crippen molar-refractivity contribution in [2.24, 2.45) is 0 Å². The SMILES string of the molecule is CCCCCCCc1cnc(-c2ccc3c(F)c(CCc4cc(F)c(C(F)(F)F)c(F)c4)ccc3c2)nc1. The highest BCUT2D eigenvalue weighted by Crippen LogP contribution is 2.34. The standard InChI is InChI=1S/C30H28F6N2/c1-2-3-4-5-6-7-20-17-37-29(38-18-20)23-12-13-24-22(16-23)11-10-21(28(24)33)9-8-19-14-25(31)27(26(32)15-19)30(34,35)36/h10-18H,2-9H2,1H3. The maximum Gasteiger partial charge on any atom is 0.422 e. The first-order valence-electron chi connectivity index (χ1n) is 12.7. The van der Waals surface area contributed by atoms with Gasteiger partial charge in [0.05, 0.1) is 0 Å². The minimum absolute atomic E-state index is 0.0180. The zero-order chi connectivity index (χ0) is 27.3. The molecule has 0 unspecified atom stereocenters. The molecule has 1 heterocycles. The van der Waals surface area contributed by atoms with Gasteiger partial charge in [0.15, 0.2) is 5.82 Å². The smallest absolute Gasteiger partial charge is 0.236 e. The largest absolute Gasteiger partial charge is 0.422 e. The summed E-state index contributed by atoms with van der Waals surface area (Å²) in [7, 11) is 0. The third-order valence-corrected chi connectivity index (χ3v) is 6.63. The lowest BCUT2D eigenvalue weighted by molar-refractivity contribution is -0.142. The van der Waals surface area contributed by atoms with Crippen LogP contribution in [0.2, 0.25) is 0 Å². The van der Waals surface area contributed by atoms with E-state index in [1.54, 1.807) is 30.3 Å². The summed E-state index contributed by atoms with van der Waals surface area (Å²) in [5, 5.41) is 0.999. The summed E-state index contributed by atoms with van der Waals surface area (Å²) in [6.07, 6.45) is 5.47. The molecule has 0 aliphatic heterocycles. The maximum atomic E-state index is 15.2. The molecule has 0 saturated heterocycles. The van der Waals surface area contributed by atoms with Gasteiger partial charge in [0.25, 0.3) is 0 Å². The Morgan fingerprint density at radius 2 is 1.39 bits per heavy atom. The Bertz CT molecular complexity index is 1370. The minimum Gasteiger partial charge on any atom is -0.236 e. The molecular weight excluding hydrogens is 502 g/mol.